The summed E-state index contributed by atoms with van der Waals surface area (Å²) in [5, 5.41) is 0. The molecular formula is C9H10BrF2N. The number of halogens is 3. The Kier molecular flexibility index (Phi) is 3.39. The quantitative estimate of drug-likeness (QED) is 0.857. The minimum atomic E-state index is -0.596. The van der Waals surface area contributed by atoms with E-state index in [1.165, 1.54) is 12.1 Å². The van der Waals surface area contributed by atoms with Crippen molar-refractivity contribution in [3.8, 4) is 0 Å². The molecule has 0 fully saturated rings. The monoisotopic (exact) mass is 249 g/mol. The first-order valence-electron chi connectivity index (χ1n) is 3.96. The van der Waals surface area contributed by atoms with Crippen LogP contribution in [0.2, 0.25) is 0 Å². The fourth-order valence-electron chi connectivity index (χ4n) is 1.11. The van der Waals surface area contributed by atoms with Crippen molar-refractivity contribution >= 4 is 15.9 Å². The summed E-state index contributed by atoms with van der Waals surface area (Å²) >= 11 is 3.00. The highest BCUT2D eigenvalue weighted by molar-refractivity contribution is 9.10. The van der Waals surface area contributed by atoms with Crippen LogP contribution in [0.5, 0.6) is 0 Å². The van der Waals surface area contributed by atoms with Gasteiger partial charge in [0.2, 0.25) is 0 Å². The molecule has 0 aliphatic heterocycles. The second-order valence-corrected chi connectivity index (χ2v) is 3.71. The van der Waals surface area contributed by atoms with Gasteiger partial charge in [0.05, 0.1) is 0 Å². The molecule has 0 bridgehead atoms. The molecule has 0 spiro atoms. The van der Waals surface area contributed by atoms with E-state index < -0.39 is 17.7 Å². The Hall–Kier alpha value is -0.480. The van der Waals surface area contributed by atoms with Crippen LogP contribution in [-0.4, -0.2) is 0 Å². The van der Waals surface area contributed by atoms with Crippen molar-refractivity contribution in [3.63, 3.8) is 0 Å². The fourth-order valence-corrected chi connectivity index (χ4v) is 1.51. The third-order valence-corrected chi connectivity index (χ3v) is 2.31. The van der Waals surface area contributed by atoms with E-state index in [1.807, 2.05) is 0 Å². The molecule has 2 N–H and O–H groups in total. The van der Waals surface area contributed by atoms with Gasteiger partial charge in [0.1, 0.15) is 11.6 Å². The molecule has 1 aromatic rings. The number of rotatable bonds is 2. The number of hydrogen-bond acceptors (Lipinski definition) is 1. The summed E-state index contributed by atoms with van der Waals surface area (Å²) in [6, 6.07) is 1.86. The van der Waals surface area contributed by atoms with Crippen molar-refractivity contribution in [1.29, 1.82) is 0 Å². The average Bonchev–Trinajstić information content (AvgIpc) is 2.02. The summed E-state index contributed by atoms with van der Waals surface area (Å²) in [5.41, 5.74) is 5.51. The molecule has 0 radical (unpaired) electrons. The minimum absolute atomic E-state index is 0.0364. The van der Waals surface area contributed by atoms with E-state index in [9.17, 15) is 8.78 Å². The van der Waals surface area contributed by atoms with E-state index in [-0.39, 0.29) is 5.56 Å². The first-order valence-corrected chi connectivity index (χ1v) is 4.75. The summed E-state index contributed by atoms with van der Waals surface area (Å²) in [4.78, 5) is 0. The Morgan fingerprint density at radius 2 is 1.85 bits per heavy atom. The van der Waals surface area contributed by atoms with Crippen molar-refractivity contribution in [2.24, 2.45) is 5.73 Å². The standard InChI is InChI=1S/C9H10BrF2N/c1-2-8(13)9-6(11)3-5(10)4-7(9)12/h3-4,8H,2,13H2,1H3/t8-/m1/s1. The lowest BCUT2D eigenvalue weighted by molar-refractivity contribution is 0.519. The van der Waals surface area contributed by atoms with Crippen molar-refractivity contribution in [1.82, 2.24) is 0 Å². The van der Waals surface area contributed by atoms with E-state index in [0.717, 1.165) is 0 Å². The SMILES string of the molecule is CC[C@@H](N)c1c(F)cc(Br)cc1F. The molecule has 0 aliphatic rings. The van der Waals surface area contributed by atoms with Crippen LogP contribution < -0.4 is 5.73 Å². The highest BCUT2D eigenvalue weighted by Crippen LogP contribution is 2.24. The molecule has 1 aromatic carbocycles. The second kappa shape index (κ2) is 4.15. The molecule has 13 heavy (non-hydrogen) atoms. The maximum Gasteiger partial charge on any atom is 0.132 e. The summed E-state index contributed by atoms with van der Waals surface area (Å²) in [6.45, 7) is 1.78. The van der Waals surface area contributed by atoms with E-state index in [4.69, 9.17) is 5.73 Å². The van der Waals surface area contributed by atoms with Gasteiger partial charge in [-0.05, 0) is 18.6 Å². The molecule has 0 amide bonds. The zero-order valence-corrected chi connectivity index (χ0v) is 8.74. The molecule has 0 unspecified atom stereocenters. The number of benzene rings is 1. The van der Waals surface area contributed by atoms with Crippen LogP contribution in [-0.2, 0) is 0 Å². The van der Waals surface area contributed by atoms with Gasteiger partial charge in [0.25, 0.3) is 0 Å². The molecule has 1 rings (SSSR count). The zero-order valence-electron chi connectivity index (χ0n) is 7.15. The van der Waals surface area contributed by atoms with Gasteiger partial charge >= 0.3 is 0 Å². The zero-order chi connectivity index (χ0) is 10.0. The maximum absolute atomic E-state index is 13.2. The van der Waals surface area contributed by atoms with E-state index in [0.29, 0.717) is 10.9 Å². The average molecular weight is 250 g/mol. The Morgan fingerprint density at radius 1 is 1.38 bits per heavy atom. The number of nitrogens with two attached hydrogens (primary N) is 1. The molecule has 4 heteroatoms. The van der Waals surface area contributed by atoms with Crippen LogP contribution in [0.3, 0.4) is 0 Å². The Labute approximate surface area is 84.1 Å². The minimum Gasteiger partial charge on any atom is -0.324 e. The normalized spacial score (nSPS) is 13.0. The highest BCUT2D eigenvalue weighted by atomic mass is 79.9. The summed E-state index contributed by atoms with van der Waals surface area (Å²) in [6.07, 6.45) is 0.509. The van der Waals surface area contributed by atoms with Gasteiger partial charge in [-0.15, -0.1) is 0 Å². The van der Waals surface area contributed by atoms with Crippen LogP contribution in [0.1, 0.15) is 24.9 Å². The Morgan fingerprint density at radius 3 is 2.23 bits per heavy atom. The van der Waals surface area contributed by atoms with Crippen molar-refractivity contribution in [3.05, 3.63) is 33.8 Å². The van der Waals surface area contributed by atoms with E-state index in [1.54, 1.807) is 6.92 Å². The molecular weight excluding hydrogens is 240 g/mol. The van der Waals surface area contributed by atoms with Crippen LogP contribution in [0.15, 0.2) is 16.6 Å². The van der Waals surface area contributed by atoms with Gasteiger partial charge in [-0.2, -0.15) is 0 Å². The summed E-state index contributed by atoms with van der Waals surface area (Å²) in [7, 11) is 0. The van der Waals surface area contributed by atoms with Crippen LogP contribution in [0.25, 0.3) is 0 Å². The lowest BCUT2D eigenvalue weighted by Crippen LogP contribution is -2.13. The van der Waals surface area contributed by atoms with Gasteiger partial charge < -0.3 is 5.73 Å². The molecule has 1 atom stereocenters. The molecule has 0 aromatic heterocycles. The smallest absolute Gasteiger partial charge is 0.132 e. The molecule has 0 saturated carbocycles. The second-order valence-electron chi connectivity index (χ2n) is 2.80. The highest BCUT2D eigenvalue weighted by Gasteiger charge is 2.15. The predicted octanol–water partition coefficient (Wildman–Crippen LogP) is 3.14. The van der Waals surface area contributed by atoms with Crippen molar-refractivity contribution < 1.29 is 8.78 Å². The summed E-state index contributed by atoms with van der Waals surface area (Å²) < 4.78 is 26.8. The van der Waals surface area contributed by atoms with Crippen molar-refractivity contribution in [2.45, 2.75) is 19.4 Å². The van der Waals surface area contributed by atoms with Crippen LogP contribution in [0.4, 0.5) is 8.78 Å². The van der Waals surface area contributed by atoms with E-state index in [2.05, 4.69) is 15.9 Å². The molecule has 1 nitrogen and oxygen atoms in total. The lowest BCUT2D eigenvalue weighted by Gasteiger charge is -2.11. The lowest BCUT2D eigenvalue weighted by atomic mass is 10.0. The summed E-state index contributed by atoms with van der Waals surface area (Å²) in [5.74, 6) is -1.19. The number of hydrogen-bond donors (Lipinski definition) is 1. The first-order chi connectivity index (χ1) is 6.06. The molecule has 0 aliphatic carbocycles. The predicted molar refractivity (Wildman–Crippen MR) is 51.3 cm³/mol. The molecule has 72 valence electrons. The molecule has 0 heterocycles. The van der Waals surface area contributed by atoms with Gasteiger partial charge in [0, 0.05) is 16.1 Å². The topological polar surface area (TPSA) is 26.0 Å². The molecule has 0 saturated heterocycles. The van der Waals surface area contributed by atoms with Gasteiger partial charge in [-0.1, -0.05) is 22.9 Å². The Bertz CT molecular complexity index is 291. The fraction of sp³-hybridized carbons (Fsp3) is 0.333. The van der Waals surface area contributed by atoms with Crippen molar-refractivity contribution in [2.75, 3.05) is 0 Å². The first kappa shape index (κ1) is 10.6. The largest absolute Gasteiger partial charge is 0.324 e. The van der Waals surface area contributed by atoms with Crippen LogP contribution in [0, 0.1) is 11.6 Å². The van der Waals surface area contributed by atoms with E-state index >= 15 is 0 Å². The van der Waals surface area contributed by atoms with Crippen LogP contribution >= 0.6 is 15.9 Å². The van der Waals surface area contributed by atoms with Gasteiger partial charge in [-0.25, -0.2) is 8.78 Å². The van der Waals surface area contributed by atoms with Gasteiger partial charge in [0.15, 0.2) is 0 Å². The third-order valence-electron chi connectivity index (χ3n) is 1.85. The van der Waals surface area contributed by atoms with Gasteiger partial charge in [-0.3, -0.25) is 0 Å². The third kappa shape index (κ3) is 2.25. The Balaban J connectivity index is 3.20. The maximum atomic E-state index is 13.2.